The second kappa shape index (κ2) is 4.95. The highest BCUT2D eigenvalue weighted by molar-refractivity contribution is 5.04. The van der Waals surface area contributed by atoms with Crippen LogP contribution in [0.3, 0.4) is 0 Å². The Morgan fingerprint density at radius 3 is 3.00 bits per heavy atom. The fraction of sp³-hybridized carbons (Fsp3) is 0.727. The van der Waals surface area contributed by atoms with Gasteiger partial charge in [0.05, 0.1) is 5.69 Å². The number of aryl methyl sites for hydroxylation is 1. The summed E-state index contributed by atoms with van der Waals surface area (Å²) < 4.78 is 5.08. The van der Waals surface area contributed by atoms with Crippen molar-refractivity contribution in [2.45, 2.75) is 19.5 Å². The molecule has 1 unspecified atom stereocenters. The molecule has 0 radical (unpaired) electrons. The van der Waals surface area contributed by atoms with Crippen molar-refractivity contribution >= 4 is 0 Å². The lowest BCUT2D eigenvalue weighted by Crippen LogP contribution is -2.54. The average molecular weight is 224 g/mol. The Balaban J connectivity index is 1.97. The van der Waals surface area contributed by atoms with E-state index in [1.807, 2.05) is 13.0 Å². The van der Waals surface area contributed by atoms with Crippen LogP contribution in [-0.4, -0.2) is 54.2 Å². The summed E-state index contributed by atoms with van der Waals surface area (Å²) in [5, 5.41) is 4.03. The molecule has 0 spiro atoms. The molecule has 2 rings (SSSR count). The maximum absolute atomic E-state index is 5.80. The van der Waals surface area contributed by atoms with E-state index in [1.54, 1.807) is 0 Å². The molecule has 0 aliphatic carbocycles. The van der Waals surface area contributed by atoms with Crippen LogP contribution < -0.4 is 5.73 Å². The molecule has 1 aliphatic rings. The summed E-state index contributed by atoms with van der Waals surface area (Å²) in [6.45, 7) is 6.63. The van der Waals surface area contributed by atoms with E-state index in [1.165, 1.54) is 0 Å². The van der Waals surface area contributed by atoms with Gasteiger partial charge < -0.3 is 15.2 Å². The predicted molar refractivity (Wildman–Crippen MR) is 62.0 cm³/mol. The second-order valence-electron chi connectivity index (χ2n) is 4.55. The Morgan fingerprint density at radius 1 is 1.56 bits per heavy atom. The number of piperazine rings is 1. The molecule has 1 aromatic rings. The topological polar surface area (TPSA) is 58.5 Å². The largest absolute Gasteiger partial charge is 0.361 e. The average Bonchev–Trinajstić information content (AvgIpc) is 2.67. The van der Waals surface area contributed by atoms with Gasteiger partial charge in [-0.05, 0) is 14.0 Å². The van der Waals surface area contributed by atoms with Crippen molar-refractivity contribution in [2.24, 2.45) is 5.73 Å². The monoisotopic (exact) mass is 224 g/mol. The molecular weight excluding hydrogens is 204 g/mol. The molecular formula is C11H20N4O. The number of hydrogen-bond donors (Lipinski definition) is 1. The number of aromatic nitrogens is 1. The summed E-state index contributed by atoms with van der Waals surface area (Å²) in [4.78, 5) is 4.71. The fourth-order valence-corrected chi connectivity index (χ4v) is 2.18. The molecule has 2 heterocycles. The first-order valence-corrected chi connectivity index (χ1v) is 5.74. The van der Waals surface area contributed by atoms with Crippen LogP contribution in [0, 0.1) is 6.92 Å². The maximum Gasteiger partial charge on any atom is 0.133 e. The van der Waals surface area contributed by atoms with Gasteiger partial charge in [-0.25, -0.2) is 0 Å². The Bertz CT molecular complexity index is 338. The van der Waals surface area contributed by atoms with Crippen LogP contribution in [0.15, 0.2) is 10.6 Å². The maximum atomic E-state index is 5.80. The van der Waals surface area contributed by atoms with Gasteiger partial charge in [-0.1, -0.05) is 5.16 Å². The van der Waals surface area contributed by atoms with Crippen molar-refractivity contribution in [2.75, 3.05) is 33.2 Å². The molecule has 1 aliphatic heterocycles. The Kier molecular flexibility index (Phi) is 3.58. The lowest BCUT2D eigenvalue weighted by Gasteiger charge is -2.39. The van der Waals surface area contributed by atoms with Crippen LogP contribution in [0.2, 0.25) is 0 Å². The van der Waals surface area contributed by atoms with Crippen LogP contribution in [0.1, 0.15) is 11.5 Å². The first-order valence-electron chi connectivity index (χ1n) is 5.74. The summed E-state index contributed by atoms with van der Waals surface area (Å²) in [6, 6.07) is 2.42. The van der Waals surface area contributed by atoms with E-state index in [9.17, 15) is 0 Å². The van der Waals surface area contributed by atoms with Gasteiger partial charge in [0, 0.05) is 44.8 Å². The second-order valence-corrected chi connectivity index (χ2v) is 4.55. The molecule has 0 amide bonds. The van der Waals surface area contributed by atoms with Crippen molar-refractivity contribution in [3.63, 3.8) is 0 Å². The van der Waals surface area contributed by atoms with E-state index in [0.29, 0.717) is 12.6 Å². The van der Waals surface area contributed by atoms with Gasteiger partial charge in [0.2, 0.25) is 0 Å². The molecule has 0 saturated carbocycles. The molecule has 1 fully saturated rings. The Hall–Kier alpha value is -0.910. The van der Waals surface area contributed by atoms with Crippen molar-refractivity contribution in [1.29, 1.82) is 0 Å². The lowest BCUT2D eigenvalue weighted by molar-refractivity contribution is 0.0860. The summed E-state index contributed by atoms with van der Waals surface area (Å²) in [5.41, 5.74) is 6.80. The third-order valence-corrected chi connectivity index (χ3v) is 3.12. The first kappa shape index (κ1) is 11.6. The minimum absolute atomic E-state index is 0.427. The molecule has 2 N–H and O–H groups in total. The zero-order valence-electron chi connectivity index (χ0n) is 10.0. The predicted octanol–water partition coefficient (Wildman–Crippen LogP) is 0.0577. The quantitative estimate of drug-likeness (QED) is 0.786. The third-order valence-electron chi connectivity index (χ3n) is 3.12. The van der Waals surface area contributed by atoms with Gasteiger partial charge in [0.15, 0.2) is 0 Å². The highest BCUT2D eigenvalue weighted by Gasteiger charge is 2.24. The molecule has 0 aromatic carbocycles. The molecule has 90 valence electrons. The molecule has 16 heavy (non-hydrogen) atoms. The van der Waals surface area contributed by atoms with Crippen LogP contribution in [0.5, 0.6) is 0 Å². The normalized spacial score (nSPS) is 23.8. The molecule has 5 nitrogen and oxygen atoms in total. The van der Waals surface area contributed by atoms with Crippen molar-refractivity contribution < 1.29 is 4.52 Å². The lowest BCUT2D eigenvalue weighted by atomic mass is 10.1. The summed E-state index contributed by atoms with van der Waals surface area (Å²) in [5.74, 6) is 0.869. The van der Waals surface area contributed by atoms with Gasteiger partial charge in [0.1, 0.15) is 5.76 Å². The fourth-order valence-electron chi connectivity index (χ4n) is 2.18. The molecule has 1 atom stereocenters. The van der Waals surface area contributed by atoms with Crippen LogP contribution in [0.25, 0.3) is 0 Å². The standard InChI is InChI=1S/C11H20N4O/c1-9-5-10(13-16-9)7-15-4-3-14(2)8-11(15)6-12/h5,11H,3-4,6-8,12H2,1-2H3. The summed E-state index contributed by atoms with van der Waals surface area (Å²) in [7, 11) is 2.14. The zero-order valence-corrected chi connectivity index (χ0v) is 10.0. The van der Waals surface area contributed by atoms with E-state index in [-0.39, 0.29) is 0 Å². The highest BCUT2D eigenvalue weighted by Crippen LogP contribution is 2.12. The van der Waals surface area contributed by atoms with E-state index in [2.05, 4.69) is 22.0 Å². The summed E-state index contributed by atoms with van der Waals surface area (Å²) >= 11 is 0. The van der Waals surface area contributed by atoms with Gasteiger partial charge in [-0.3, -0.25) is 4.90 Å². The number of nitrogens with two attached hydrogens (primary N) is 1. The Morgan fingerprint density at radius 2 is 2.38 bits per heavy atom. The third kappa shape index (κ3) is 2.61. The number of likely N-dealkylation sites (N-methyl/N-ethyl adjacent to an activating group) is 1. The van der Waals surface area contributed by atoms with Crippen molar-refractivity contribution in [3.8, 4) is 0 Å². The van der Waals surface area contributed by atoms with E-state index >= 15 is 0 Å². The van der Waals surface area contributed by atoms with E-state index in [0.717, 1.165) is 37.6 Å². The van der Waals surface area contributed by atoms with Crippen molar-refractivity contribution in [3.05, 3.63) is 17.5 Å². The summed E-state index contributed by atoms with van der Waals surface area (Å²) in [6.07, 6.45) is 0. The number of hydrogen-bond acceptors (Lipinski definition) is 5. The molecule has 1 aromatic heterocycles. The van der Waals surface area contributed by atoms with E-state index in [4.69, 9.17) is 10.3 Å². The first-order chi connectivity index (χ1) is 7.69. The number of rotatable bonds is 3. The molecule has 5 heteroatoms. The Labute approximate surface area is 96.2 Å². The molecule has 0 bridgehead atoms. The van der Waals surface area contributed by atoms with Crippen molar-refractivity contribution in [1.82, 2.24) is 15.0 Å². The zero-order chi connectivity index (χ0) is 11.5. The van der Waals surface area contributed by atoms with Crippen LogP contribution >= 0.6 is 0 Å². The smallest absolute Gasteiger partial charge is 0.133 e. The SMILES string of the molecule is Cc1cc(CN2CCN(C)CC2CN)no1. The van der Waals surface area contributed by atoms with Gasteiger partial charge in [-0.15, -0.1) is 0 Å². The minimum atomic E-state index is 0.427. The number of nitrogens with zero attached hydrogens (tertiary/aromatic N) is 3. The van der Waals surface area contributed by atoms with Gasteiger partial charge >= 0.3 is 0 Å². The molecule has 1 saturated heterocycles. The van der Waals surface area contributed by atoms with Gasteiger partial charge in [0.25, 0.3) is 0 Å². The minimum Gasteiger partial charge on any atom is -0.361 e. The van der Waals surface area contributed by atoms with E-state index < -0.39 is 0 Å². The highest BCUT2D eigenvalue weighted by atomic mass is 16.5. The van der Waals surface area contributed by atoms with Crippen LogP contribution in [0.4, 0.5) is 0 Å². The van der Waals surface area contributed by atoms with Gasteiger partial charge in [-0.2, -0.15) is 0 Å². The van der Waals surface area contributed by atoms with Crippen LogP contribution in [-0.2, 0) is 6.54 Å².